The molecule has 0 bridgehead atoms. The Bertz CT molecular complexity index is 254. The summed E-state index contributed by atoms with van der Waals surface area (Å²) < 4.78 is 1.71. The Kier molecular flexibility index (Phi) is 2.58. The Balaban J connectivity index is 2.68. The maximum atomic E-state index is 5.70. The molecule has 1 atom stereocenters. The van der Waals surface area contributed by atoms with E-state index in [1.54, 1.807) is 10.9 Å². The molecule has 0 saturated heterocycles. The van der Waals surface area contributed by atoms with E-state index < -0.39 is 0 Å². The third-order valence-corrected chi connectivity index (χ3v) is 1.85. The molecule has 0 aliphatic heterocycles. The van der Waals surface area contributed by atoms with Crippen LogP contribution >= 0.6 is 0 Å². The highest BCUT2D eigenvalue weighted by molar-refractivity contribution is 5.60. The van der Waals surface area contributed by atoms with Crippen molar-refractivity contribution >= 4 is 11.5 Å². The van der Waals surface area contributed by atoms with E-state index in [-0.39, 0.29) is 0 Å². The lowest BCUT2D eigenvalue weighted by molar-refractivity contribution is 0.734. The topological polar surface area (TPSA) is 55.9 Å². The van der Waals surface area contributed by atoms with E-state index in [4.69, 9.17) is 5.73 Å². The van der Waals surface area contributed by atoms with Gasteiger partial charge in [0.2, 0.25) is 0 Å². The van der Waals surface area contributed by atoms with Crippen molar-refractivity contribution in [3.8, 4) is 0 Å². The molecule has 0 fully saturated rings. The molecule has 3 N–H and O–H groups in total. The number of rotatable bonds is 3. The summed E-state index contributed by atoms with van der Waals surface area (Å²) in [6, 6.07) is 0.419. The van der Waals surface area contributed by atoms with Gasteiger partial charge >= 0.3 is 0 Å². The van der Waals surface area contributed by atoms with Crippen molar-refractivity contribution in [3.63, 3.8) is 0 Å². The number of nitrogens with one attached hydrogen (secondary N) is 1. The lowest BCUT2D eigenvalue weighted by Crippen LogP contribution is -2.14. The van der Waals surface area contributed by atoms with E-state index in [0.29, 0.717) is 11.7 Å². The van der Waals surface area contributed by atoms with Crippen LogP contribution in [0.1, 0.15) is 20.3 Å². The Labute approximate surface area is 72.8 Å². The monoisotopic (exact) mass is 168 g/mol. The summed E-state index contributed by atoms with van der Waals surface area (Å²) in [6.07, 6.45) is 2.86. The second kappa shape index (κ2) is 3.47. The van der Waals surface area contributed by atoms with Crippen molar-refractivity contribution in [1.82, 2.24) is 9.78 Å². The molecule has 1 heterocycles. The quantitative estimate of drug-likeness (QED) is 0.713. The summed E-state index contributed by atoms with van der Waals surface area (Å²) >= 11 is 0. The Morgan fingerprint density at radius 2 is 2.42 bits per heavy atom. The maximum Gasteiger partial charge on any atom is 0.171 e. The van der Waals surface area contributed by atoms with Gasteiger partial charge in [0.1, 0.15) is 0 Å². The van der Waals surface area contributed by atoms with Crippen LogP contribution in [0, 0.1) is 0 Å². The molecular weight excluding hydrogens is 152 g/mol. The predicted molar refractivity (Wildman–Crippen MR) is 51.0 cm³/mol. The fourth-order valence-electron chi connectivity index (χ4n) is 0.954. The van der Waals surface area contributed by atoms with Gasteiger partial charge in [-0.25, -0.2) is 0 Å². The first kappa shape index (κ1) is 8.90. The van der Waals surface area contributed by atoms with Crippen LogP contribution in [-0.4, -0.2) is 15.8 Å². The highest BCUT2D eigenvalue weighted by atomic mass is 15.3. The highest BCUT2D eigenvalue weighted by Gasteiger charge is 2.05. The number of nitrogen functional groups attached to an aromatic ring is 1. The van der Waals surface area contributed by atoms with E-state index >= 15 is 0 Å². The van der Waals surface area contributed by atoms with E-state index in [2.05, 4.69) is 24.3 Å². The summed E-state index contributed by atoms with van der Waals surface area (Å²) in [5.41, 5.74) is 6.40. The molecule has 0 unspecified atom stereocenters. The van der Waals surface area contributed by atoms with Crippen LogP contribution in [0.3, 0.4) is 0 Å². The van der Waals surface area contributed by atoms with Crippen molar-refractivity contribution < 1.29 is 0 Å². The van der Waals surface area contributed by atoms with Gasteiger partial charge in [-0.2, -0.15) is 5.10 Å². The average molecular weight is 168 g/mol. The van der Waals surface area contributed by atoms with Crippen LogP contribution in [0.2, 0.25) is 0 Å². The van der Waals surface area contributed by atoms with Crippen LogP contribution in [0.4, 0.5) is 11.5 Å². The number of hydrogen-bond acceptors (Lipinski definition) is 3. The number of hydrogen-bond donors (Lipinski definition) is 2. The zero-order valence-corrected chi connectivity index (χ0v) is 7.83. The lowest BCUT2D eigenvalue weighted by Gasteiger charge is -2.10. The smallest absolute Gasteiger partial charge is 0.171 e. The normalized spacial score (nSPS) is 12.9. The minimum absolute atomic E-state index is 0.419. The molecule has 1 rings (SSSR count). The fraction of sp³-hybridized carbons (Fsp3) is 0.625. The number of nitrogens with zero attached hydrogens (tertiary/aromatic N) is 2. The first-order valence-corrected chi connectivity index (χ1v) is 4.19. The molecule has 0 amide bonds. The van der Waals surface area contributed by atoms with Crippen LogP contribution in [0.5, 0.6) is 0 Å². The summed E-state index contributed by atoms with van der Waals surface area (Å²) in [6.45, 7) is 4.23. The van der Waals surface area contributed by atoms with Gasteiger partial charge in [-0.05, 0) is 13.3 Å². The molecule has 0 saturated carbocycles. The maximum absolute atomic E-state index is 5.70. The lowest BCUT2D eigenvalue weighted by atomic mass is 10.2. The molecule has 0 aromatic carbocycles. The van der Waals surface area contributed by atoms with Gasteiger partial charge in [-0.3, -0.25) is 4.68 Å². The predicted octanol–water partition coefficient (Wildman–Crippen LogP) is 1.21. The standard InChI is InChI=1S/C8H16N4/c1-4-6(2)10-8-7(9)5-12(3)11-8/h5-6H,4,9H2,1-3H3,(H,10,11)/t6-/m0/s1. The highest BCUT2D eigenvalue weighted by Crippen LogP contribution is 2.15. The van der Waals surface area contributed by atoms with Crippen LogP contribution < -0.4 is 11.1 Å². The van der Waals surface area contributed by atoms with Crippen molar-refractivity contribution in [2.75, 3.05) is 11.1 Å². The van der Waals surface area contributed by atoms with Gasteiger partial charge in [0.25, 0.3) is 0 Å². The van der Waals surface area contributed by atoms with Crippen LogP contribution in [0.25, 0.3) is 0 Å². The van der Waals surface area contributed by atoms with Gasteiger partial charge in [-0.15, -0.1) is 0 Å². The van der Waals surface area contributed by atoms with E-state index in [0.717, 1.165) is 12.2 Å². The summed E-state index contributed by atoms with van der Waals surface area (Å²) in [5, 5.41) is 7.40. The second-order valence-corrected chi connectivity index (χ2v) is 3.06. The van der Waals surface area contributed by atoms with Gasteiger partial charge in [0.15, 0.2) is 5.82 Å². The van der Waals surface area contributed by atoms with Crippen molar-refractivity contribution in [2.24, 2.45) is 7.05 Å². The Morgan fingerprint density at radius 3 is 2.83 bits per heavy atom. The largest absolute Gasteiger partial charge is 0.394 e. The van der Waals surface area contributed by atoms with Gasteiger partial charge in [-0.1, -0.05) is 6.92 Å². The van der Waals surface area contributed by atoms with E-state index in [1.807, 2.05) is 7.05 Å². The summed E-state index contributed by atoms with van der Waals surface area (Å²) in [7, 11) is 1.86. The van der Waals surface area contributed by atoms with Gasteiger partial charge in [0, 0.05) is 19.3 Å². The number of aryl methyl sites for hydroxylation is 1. The minimum Gasteiger partial charge on any atom is -0.394 e. The van der Waals surface area contributed by atoms with Gasteiger partial charge < -0.3 is 11.1 Å². The molecule has 12 heavy (non-hydrogen) atoms. The molecule has 4 heteroatoms. The molecule has 1 aromatic rings. The molecule has 0 spiro atoms. The van der Waals surface area contributed by atoms with E-state index in [9.17, 15) is 0 Å². The third kappa shape index (κ3) is 1.90. The number of aromatic nitrogens is 2. The number of nitrogens with two attached hydrogens (primary N) is 1. The van der Waals surface area contributed by atoms with Crippen molar-refractivity contribution in [2.45, 2.75) is 26.3 Å². The van der Waals surface area contributed by atoms with Gasteiger partial charge in [0.05, 0.1) is 5.69 Å². The Hall–Kier alpha value is -1.19. The van der Waals surface area contributed by atoms with Crippen molar-refractivity contribution in [3.05, 3.63) is 6.20 Å². The first-order chi connectivity index (χ1) is 5.63. The van der Waals surface area contributed by atoms with Crippen LogP contribution in [-0.2, 0) is 7.05 Å². The van der Waals surface area contributed by atoms with E-state index in [1.165, 1.54) is 0 Å². The molecule has 4 nitrogen and oxygen atoms in total. The second-order valence-electron chi connectivity index (χ2n) is 3.06. The minimum atomic E-state index is 0.419. The number of anilines is 2. The zero-order valence-electron chi connectivity index (χ0n) is 7.83. The average Bonchev–Trinajstić information content (AvgIpc) is 2.30. The van der Waals surface area contributed by atoms with Crippen molar-refractivity contribution in [1.29, 1.82) is 0 Å². The SMILES string of the molecule is CC[C@H](C)Nc1nn(C)cc1N. The Morgan fingerprint density at radius 1 is 1.75 bits per heavy atom. The molecule has 0 radical (unpaired) electrons. The van der Waals surface area contributed by atoms with Crippen LogP contribution in [0.15, 0.2) is 6.20 Å². The molecular formula is C8H16N4. The summed E-state index contributed by atoms with van der Waals surface area (Å²) in [4.78, 5) is 0. The molecule has 1 aromatic heterocycles. The fourth-order valence-corrected chi connectivity index (χ4v) is 0.954. The third-order valence-electron chi connectivity index (χ3n) is 1.85. The zero-order chi connectivity index (χ0) is 9.14. The molecule has 0 aliphatic rings. The molecule has 0 aliphatic carbocycles. The first-order valence-electron chi connectivity index (χ1n) is 4.19. The summed E-state index contributed by atoms with van der Waals surface area (Å²) in [5.74, 6) is 0.784. The molecule has 68 valence electrons.